The molecule has 1 atom stereocenters. The average Bonchev–Trinajstić information content (AvgIpc) is 2.68. The van der Waals surface area contributed by atoms with Gasteiger partial charge in [-0.05, 0) is 19.3 Å². The fraction of sp³-hybridized carbons (Fsp3) is 1.00. The SMILES string of the molecule is CCCCCCCCCCCCCCCCC(CCCCCCCO)S(=O)(=O)[O-].[K+]. The van der Waals surface area contributed by atoms with Crippen molar-refractivity contribution in [1.82, 2.24) is 0 Å². The Morgan fingerprint density at radius 3 is 1.20 bits per heavy atom. The van der Waals surface area contributed by atoms with E-state index in [2.05, 4.69) is 6.92 Å². The van der Waals surface area contributed by atoms with Crippen LogP contribution in [0.3, 0.4) is 0 Å². The molecule has 0 saturated carbocycles. The predicted molar refractivity (Wildman–Crippen MR) is 123 cm³/mol. The molecule has 0 spiro atoms. The first-order chi connectivity index (χ1) is 14.0. The zero-order chi connectivity index (χ0) is 21.6. The molecule has 0 saturated heterocycles. The molecular formula is C24H49KO4S. The van der Waals surface area contributed by atoms with Crippen molar-refractivity contribution >= 4 is 10.1 Å². The van der Waals surface area contributed by atoms with Crippen molar-refractivity contribution in [3.63, 3.8) is 0 Å². The first kappa shape index (κ1) is 33.7. The Balaban J connectivity index is 0. The molecule has 0 aliphatic rings. The number of hydrogen-bond donors (Lipinski definition) is 1. The van der Waals surface area contributed by atoms with Crippen molar-refractivity contribution in [2.24, 2.45) is 0 Å². The van der Waals surface area contributed by atoms with Crippen molar-refractivity contribution in [3.8, 4) is 0 Å². The molecule has 0 aromatic heterocycles. The normalized spacial score (nSPS) is 12.6. The number of hydrogen-bond acceptors (Lipinski definition) is 4. The molecule has 0 aliphatic heterocycles. The molecule has 0 amide bonds. The molecule has 0 radical (unpaired) electrons. The Labute approximate surface area is 230 Å². The van der Waals surface area contributed by atoms with Crippen LogP contribution in [0.25, 0.3) is 0 Å². The third-order valence-corrected chi connectivity index (χ3v) is 7.26. The number of rotatable bonds is 23. The van der Waals surface area contributed by atoms with Crippen molar-refractivity contribution in [2.75, 3.05) is 6.61 Å². The maximum absolute atomic E-state index is 11.5. The first-order valence-electron chi connectivity index (χ1n) is 12.6. The molecule has 4 nitrogen and oxygen atoms in total. The molecule has 6 heteroatoms. The van der Waals surface area contributed by atoms with Gasteiger partial charge in [0.05, 0.1) is 10.1 Å². The molecule has 1 unspecified atom stereocenters. The number of unbranched alkanes of at least 4 members (excludes halogenated alkanes) is 17. The summed E-state index contributed by atoms with van der Waals surface area (Å²) in [6.07, 6.45) is 23.5. The van der Waals surface area contributed by atoms with Crippen molar-refractivity contribution in [3.05, 3.63) is 0 Å². The maximum Gasteiger partial charge on any atom is 1.00 e. The molecule has 0 fully saturated rings. The van der Waals surface area contributed by atoms with Gasteiger partial charge in [-0.25, -0.2) is 8.42 Å². The minimum Gasteiger partial charge on any atom is -0.748 e. The van der Waals surface area contributed by atoms with Crippen molar-refractivity contribution < 1.29 is 69.5 Å². The predicted octanol–water partition coefficient (Wildman–Crippen LogP) is 4.11. The molecule has 176 valence electrons. The van der Waals surface area contributed by atoms with Crippen LogP contribution in [-0.4, -0.2) is 29.9 Å². The summed E-state index contributed by atoms with van der Waals surface area (Å²) in [7, 11) is -4.17. The third-order valence-electron chi connectivity index (χ3n) is 5.97. The van der Waals surface area contributed by atoms with Gasteiger partial charge in [0.1, 0.15) is 0 Å². The second-order valence-corrected chi connectivity index (χ2v) is 10.4. The zero-order valence-corrected chi connectivity index (χ0v) is 24.2. The summed E-state index contributed by atoms with van der Waals surface area (Å²) >= 11 is 0. The smallest absolute Gasteiger partial charge is 0.748 e. The Morgan fingerprint density at radius 2 is 0.900 bits per heavy atom. The van der Waals surface area contributed by atoms with Crippen LogP contribution < -0.4 is 51.4 Å². The molecule has 0 rings (SSSR count). The standard InChI is InChI=1S/C24H50O4S.K/c1-2-3-4-5-6-7-8-9-10-11-12-13-15-18-21-24(29(26,27)28)22-19-16-14-17-20-23-25;/h24-25H,2-23H2,1H3,(H,26,27,28);/q;+1/p-1. The fourth-order valence-electron chi connectivity index (χ4n) is 4.01. The summed E-state index contributed by atoms with van der Waals surface area (Å²) in [5.74, 6) is 0. The van der Waals surface area contributed by atoms with E-state index in [0.717, 1.165) is 51.4 Å². The van der Waals surface area contributed by atoms with Gasteiger partial charge in [-0.3, -0.25) is 0 Å². The van der Waals surface area contributed by atoms with Crippen LogP contribution in [0.15, 0.2) is 0 Å². The molecular weight excluding hydrogens is 423 g/mol. The third kappa shape index (κ3) is 24.2. The Bertz CT molecular complexity index is 429. The fourth-order valence-corrected chi connectivity index (χ4v) is 4.92. The first-order valence-corrected chi connectivity index (χ1v) is 14.0. The molecule has 0 aliphatic carbocycles. The van der Waals surface area contributed by atoms with Crippen LogP contribution in [-0.2, 0) is 10.1 Å². The van der Waals surface area contributed by atoms with Gasteiger partial charge >= 0.3 is 51.4 Å². The van der Waals surface area contributed by atoms with E-state index in [1.54, 1.807) is 0 Å². The second kappa shape index (κ2) is 25.1. The topological polar surface area (TPSA) is 77.4 Å². The van der Waals surface area contributed by atoms with Crippen LogP contribution in [0.2, 0.25) is 0 Å². The van der Waals surface area contributed by atoms with Crippen molar-refractivity contribution in [1.29, 1.82) is 0 Å². The number of aliphatic hydroxyl groups excluding tert-OH is 1. The second-order valence-electron chi connectivity index (χ2n) is 8.78. The van der Waals surface area contributed by atoms with Crippen LogP contribution >= 0.6 is 0 Å². The van der Waals surface area contributed by atoms with E-state index in [1.165, 1.54) is 70.6 Å². The summed E-state index contributed by atoms with van der Waals surface area (Å²) in [6, 6.07) is 0. The van der Waals surface area contributed by atoms with Gasteiger partial charge in [0.25, 0.3) is 0 Å². The van der Waals surface area contributed by atoms with Crippen LogP contribution in [0, 0.1) is 0 Å². The summed E-state index contributed by atoms with van der Waals surface area (Å²) in [5.41, 5.74) is 0. The van der Waals surface area contributed by atoms with E-state index < -0.39 is 15.4 Å². The average molecular weight is 473 g/mol. The van der Waals surface area contributed by atoms with Gasteiger partial charge in [0.15, 0.2) is 0 Å². The molecule has 0 aromatic carbocycles. The van der Waals surface area contributed by atoms with Gasteiger partial charge in [-0.1, -0.05) is 122 Å². The van der Waals surface area contributed by atoms with Gasteiger partial charge in [0, 0.05) is 11.9 Å². The van der Waals surface area contributed by atoms with Gasteiger partial charge in [-0.15, -0.1) is 0 Å². The van der Waals surface area contributed by atoms with Gasteiger partial charge in [-0.2, -0.15) is 0 Å². The summed E-state index contributed by atoms with van der Waals surface area (Å²) in [5, 5.41) is 8.06. The molecule has 1 N–H and O–H groups in total. The van der Waals surface area contributed by atoms with E-state index in [1.807, 2.05) is 0 Å². The Kier molecular flexibility index (Phi) is 28.2. The van der Waals surface area contributed by atoms with E-state index in [9.17, 15) is 13.0 Å². The molecule has 0 bridgehead atoms. The van der Waals surface area contributed by atoms with Crippen LogP contribution in [0.1, 0.15) is 142 Å². The summed E-state index contributed by atoms with van der Waals surface area (Å²) in [6.45, 7) is 2.48. The number of aliphatic hydroxyl groups is 1. The molecule has 0 aromatic rings. The summed E-state index contributed by atoms with van der Waals surface area (Å²) < 4.78 is 34.4. The van der Waals surface area contributed by atoms with Gasteiger partial charge < -0.3 is 9.66 Å². The molecule has 0 heterocycles. The van der Waals surface area contributed by atoms with E-state index in [4.69, 9.17) is 5.11 Å². The minimum atomic E-state index is -4.17. The quantitative estimate of drug-likeness (QED) is 0.138. The van der Waals surface area contributed by atoms with Gasteiger partial charge in [0.2, 0.25) is 0 Å². The van der Waals surface area contributed by atoms with E-state index in [0.29, 0.717) is 12.8 Å². The van der Waals surface area contributed by atoms with Crippen LogP contribution in [0.5, 0.6) is 0 Å². The summed E-state index contributed by atoms with van der Waals surface area (Å²) in [4.78, 5) is 0. The van der Waals surface area contributed by atoms with Crippen molar-refractivity contribution in [2.45, 2.75) is 147 Å². The zero-order valence-electron chi connectivity index (χ0n) is 20.2. The minimum absolute atomic E-state index is 0. The Hall–Kier alpha value is 1.51. The van der Waals surface area contributed by atoms with Crippen LogP contribution in [0.4, 0.5) is 0 Å². The monoisotopic (exact) mass is 472 g/mol. The van der Waals surface area contributed by atoms with E-state index in [-0.39, 0.29) is 58.0 Å². The van der Waals surface area contributed by atoms with E-state index >= 15 is 0 Å². The maximum atomic E-state index is 11.5. The molecule has 30 heavy (non-hydrogen) atoms. The largest absolute Gasteiger partial charge is 1.00 e. The Morgan fingerprint density at radius 1 is 0.600 bits per heavy atom.